The van der Waals surface area contributed by atoms with E-state index in [-0.39, 0.29) is 0 Å². The maximum absolute atomic E-state index is 5.58. The van der Waals surface area contributed by atoms with Gasteiger partial charge in [-0.3, -0.25) is 10.4 Å². The highest BCUT2D eigenvalue weighted by molar-refractivity contribution is 5.95. The van der Waals surface area contributed by atoms with Crippen molar-refractivity contribution in [3.05, 3.63) is 29.3 Å². The Morgan fingerprint density at radius 2 is 2.15 bits per heavy atom. The second-order valence-electron chi connectivity index (χ2n) is 4.75. The minimum Gasteiger partial charge on any atom is -0.382 e. The van der Waals surface area contributed by atoms with E-state index in [0.29, 0.717) is 12.5 Å². The molecule has 5 nitrogen and oxygen atoms in total. The van der Waals surface area contributed by atoms with Gasteiger partial charge in [-0.15, -0.1) is 0 Å². The summed E-state index contributed by atoms with van der Waals surface area (Å²) in [7, 11) is 1.96. The third-order valence-corrected chi connectivity index (χ3v) is 3.07. The van der Waals surface area contributed by atoms with Crippen molar-refractivity contribution in [3.8, 4) is 0 Å². The van der Waals surface area contributed by atoms with Crippen molar-refractivity contribution in [3.63, 3.8) is 0 Å². The van der Waals surface area contributed by atoms with Crippen LogP contribution in [0.3, 0.4) is 0 Å². The first kappa shape index (κ1) is 16.5. The Bertz CT molecular complexity index is 445. The lowest BCUT2D eigenvalue weighted by Crippen LogP contribution is -2.43. The molecule has 0 aliphatic heterocycles. The molecule has 20 heavy (non-hydrogen) atoms. The van der Waals surface area contributed by atoms with Gasteiger partial charge in [0.05, 0.1) is 0 Å². The number of anilines is 1. The number of ether oxygens (including phenoxy) is 1. The summed E-state index contributed by atoms with van der Waals surface area (Å²) >= 11 is 0. The second kappa shape index (κ2) is 8.55. The Morgan fingerprint density at radius 3 is 2.75 bits per heavy atom. The van der Waals surface area contributed by atoms with Gasteiger partial charge >= 0.3 is 0 Å². The molecule has 0 radical (unpaired) electrons. The molecule has 0 bridgehead atoms. The van der Waals surface area contributed by atoms with Crippen molar-refractivity contribution in [1.82, 2.24) is 5.43 Å². The number of hydrogen-bond donors (Lipinski definition) is 2. The van der Waals surface area contributed by atoms with E-state index in [4.69, 9.17) is 10.6 Å². The SMILES string of the molecule is CCOCCCN=C(NN)N(C)c1ccc(C)cc1C. The standard InChI is InChI=1S/C15H26N4O/c1-5-20-10-6-9-17-15(18-16)19(4)14-8-7-12(2)11-13(14)3/h7-8,11H,5-6,9-10,16H2,1-4H3,(H,17,18). The number of nitrogens with one attached hydrogen (secondary N) is 1. The number of hydrazine groups is 1. The molecule has 5 heteroatoms. The van der Waals surface area contributed by atoms with Crippen molar-refractivity contribution in [2.45, 2.75) is 27.2 Å². The van der Waals surface area contributed by atoms with Gasteiger partial charge in [0.25, 0.3) is 0 Å². The number of rotatable bonds is 6. The first-order valence-electron chi connectivity index (χ1n) is 7.00. The van der Waals surface area contributed by atoms with Crippen LogP contribution < -0.4 is 16.2 Å². The van der Waals surface area contributed by atoms with Crippen molar-refractivity contribution < 1.29 is 4.74 Å². The van der Waals surface area contributed by atoms with Crippen LogP contribution >= 0.6 is 0 Å². The molecule has 0 unspecified atom stereocenters. The topological polar surface area (TPSA) is 62.9 Å². The first-order valence-corrected chi connectivity index (χ1v) is 7.00. The van der Waals surface area contributed by atoms with Crippen molar-refractivity contribution >= 4 is 11.6 Å². The van der Waals surface area contributed by atoms with Crippen LogP contribution in [0.2, 0.25) is 0 Å². The molecule has 112 valence electrons. The summed E-state index contributed by atoms with van der Waals surface area (Å²) in [5.74, 6) is 6.24. The van der Waals surface area contributed by atoms with Crippen LogP contribution in [0.1, 0.15) is 24.5 Å². The zero-order valence-electron chi connectivity index (χ0n) is 12.9. The van der Waals surface area contributed by atoms with Gasteiger partial charge in [-0.1, -0.05) is 17.7 Å². The smallest absolute Gasteiger partial charge is 0.212 e. The van der Waals surface area contributed by atoms with E-state index < -0.39 is 0 Å². The van der Waals surface area contributed by atoms with Gasteiger partial charge in [-0.25, -0.2) is 5.84 Å². The van der Waals surface area contributed by atoms with Gasteiger partial charge < -0.3 is 9.64 Å². The molecule has 0 saturated carbocycles. The molecule has 0 fully saturated rings. The van der Waals surface area contributed by atoms with Gasteiger partial charge in [0.1, 0.15) is 0 Å². The third kappa shape index (κ3) is 4.83. The van der Waals surface area contributed by atoms with Gasteiger partial charge in [-0.2, -0.15) is 0 Å². The molecule has 0 aliphatic rings. The molecule has 1 rings (SSSR count). The van der Waals surface area contributed by atoms with Gasteiger partial charge in [0.15, 0.2) is 0 Å². The summed E-state index contributed by atoms with van der Waals surface area (Å²) in [6, 6.07) is 6.31. The number of hydrogen-bond acceptors (Lipinski definition) is 3. The molecule has 3 N–H and O–H groups in total. The maximum Gasteiger partial charge on any atom is 0.212 e. The van der Waals surface area contributed by atoms with Crippen LogP contribution in [-0.4, -0.2) is 32.8 Å². The highest BCUT2D eigenvalue weighted by Gasteiger charge is 2.09. The Hall–Kier alpha value is -1.59. The van der Waals surface area contributed by atoms with Crippen molar-refractivity contribution in [1.29, 1.82) is 0 Å². The lowest BCUT2D eigenvalue weighted by Gasteiger charge is -2.23. The molecule has 0 saturated heterocycles. The average molecular weight is 278 g/mol. The zero-order valence-corrected chi connectivity index (χ0v) is 12.9. The number of benzene rings is 1. The second-order valence-corrected chi connectivity index (χ2v) is 4.75. The van der Waals surface area contributed by atoms with Gasteiger partial charge in [-0.05, 0) is 38.8 Å². The first-order chi connectivity index (χ1) is 9.60. The lowest BCUT2D eigenvalue weighted by atomic mass is 10.1. The molecular weight excluding hydrogens is 252 g/mol. The molecule has 0 aliphatic carbocycles. The van der Waals surface area contributed by atoms with E-state index in [9.17, 15) is 0 Å². The van der Waals surface area contributed by atoms with Crippen LogP contribution in [-0.2, 0) is 4.74 Å². The van der Waals surface area contributed by atoms with Crippen LogP contribution in [0.15, 0.2) is 23.2 Å². The Labute approximate surface area is 121 Å². The number of aryl methyl sites for hydroxylation is 2. The molecule has 0 heterocycles. The Kier molecular flexibility index (Phi) is 7.04. The molecule has 0 atom stereocenters. The van der Waals surface area contributed by atoms with Crippen molar-refractivity contribution in [2.75, 3.05) is 31.7 Å². The average Bonchev–Trinajstić information content (AvgIpc) is 2.42. The highest BCUT2D eigenvalue weighted by Crippen LogP contribution is 2.19. The predicted molar refractivity (Wildman–Crippen MR) is 85.1 cm³/mol. The minimum atomic E-state index is 0.661. The highest BCUT2D eigenvalue weighted by atomic mass is 16.5. The normalized spacial score (nSPS) is 11.6. The fourth-order valence-electron chi connectivity index (χ4n) is 2.04. The summed E-state index contributed by atoms with van der Waals surface area (Å²) in [5.41, 5.74) is 6.21. The fourth-order valence-corrected chi connectivity index (χ4v) is 2.04. The van der Waals surface area contributed by atoms with Crippen LogP contribution in [0.5, 0.6) is 0 Å². The van der Waals surface area contributed by atoms with E-state index in [1.54, 1.807) is 0 Å². The van der Waals surface area contributed by atoms with E-state index in [1.807, 2.05) is 18.9 Å². The molecule has 0 spiro atoms. The number of nitrogens with two attached hydrogens (primary N) is 1. The summed E-state index contributed by atoms with van der Waals surface area (Å²) in [6.45, 7) is 8.32. The molecule has 1 aromatic rings. The maximum atomic E-state index is 5.58. The van der Waals surface area contributed by atoms with Gasteiger partial charge in [0, 0.05) is 32.5 Å². The summed E-state index contributed by atoms with van der Waals surface area (Å²) in [4.78, 5) is 6.45. The third-order valence-electron chi connectivity index (χ3n) is 3.07. The summed E-state index contributed by atoms with van der Waals surface area (Å²) in [6.07, 6.45) is 0.889. The lowest BCUT2D eigenvalue weighted by molar-refractivity contribution is 0.146. The number of guanidine groups is 1. The van der Waals surface area contributed by atoms with Crippen LogP contribution in [0, 0.1) is 13.8 Å². The monoisotopic (exact) mass is 278 g/mol. The fraction of sp³-hybridized carbons (Fsp3) is 0.533. The molecule has 0 aromatic heterocycles. The molecular formula is C15H26N4O. The quantitative estimate of drug-likeness (QED) is 0.275. The van der Waals surface area contributed by atoms with E-state index >= 15 is 0 Å². The largest absolute Gasteiger partial charge is 0.382 e. The van der Waals surface area contributed by atoms with E-state index in [0.717, 1.165) is 25.3 Å². The minimum absolute atomic E-state index is 0.661. The number of nitrogens with zero attached hydrogens (tertiary/aromatic N) is 2. The predicted octanol–water partition coefficient (Wildman–Crippen LogP) is 1.99. The Morgan fingerprint density at radius 1 is 1.40 bits per heavy atom. The van der Waals surface area contributed by atoms with E-state index in [1.165, 1.54) is 11.1 Å². The Balaban J connectivity index is 2.70. The van der Waals surface area contributed by atoms with Crippen molar-refractivity contribution in [2.24, 2.45) is 10.8 Å². The van der Waals surface area contributed by atoms with E-state index in [2.05, 4.69) is 42.5 Å². The summed E-state index contributed by atoms with van der Waals surface area (Å²) < 4.78 is 5.29. The summed E-state index contributed by atoms with van der Waals surface area (Å²) in [5, 5.41) is 0. The molecule has 1 aromatic carbocycles. The van der Waals surface area contributed by atoms with Crippen LogP contribution in [0.4, 0.5) is 5.69 Å². The zero-order chi connectivity index (χ0) is 15.0. The van der Waals surface area contributed by atoms with Gasteiger partial charge in [0.2, 0.25) is 5.96 Å². The number of aliphatic imine (C=N–C) groups is 1. The van der Waals surface area contributed by atoms with Crippen LogP contribution in [0.25, 0.3) is 0 Å². The molecule has 0 amide bonds.